The predicted octanol–water partition coefficient (Wildman–Crippen LogP) is 6.61. The zero-order valence-corrected chi connectivity index (χ0v) is 23.2. The van der Waals surface area contributed by atoms with Crippen molar-refractivity contribution in [1.82, 2.24) is 5.32 Å². The van der Waals surface area contributed by atoms with E-state index in [0.29, 0.717) is 32.0 Å². The molecular formula is C28H21Cl2N5O4S. The monoisotopic (exact) mass is 593 g/mol. The molecule has 3 aromatic carbocycles. The van der Waals surface area contributed by atoms with Gasteiger partial charge in [-0.3, -0.25) is 19.7 Å². The molecule has 9 nitrogen and oxygen atoms in total. The molecule has 0 radical (unpaired) electrons. The van der Waals surface area contributed by atoms with E-state index in [-0.39, 0.29) is 28.3 Å². The molecule has 40 heavy (non-hydrogen) atoms. The molecule has 0 bridgehead atoms. The zero-order chi connectivity index (χ0) is 28.8. The molecule has 2 amide bonds. The lowest BCUT2D eigenvalue weighted by Gasteiger charge is -2.30. The number of para-hydroxylation sites is 2. The molecule has 0 spiro atoms. The number of nitriles is 1. The van der Waals surface area contributed by atoms with Crippen molar-refractivity contribution in [2.75, 3.05) is 16.4 Å². The van der Waals surface area contributed by atoms with E-state index < -0.39 is 22.7 Å². The van der Waals surface area contributed by atoms with Gasteiger partial charge in [-0.05, 0) is 48.9 Å². The van der Waals surface area contributed by atoms with Gasteiger partial charge in [0.05, 0.1) is 33.3 Å². The Morgan fingerprint density at radius 1 is 1.05 bits per heavy atom. The van der Waals surface area contributed by atoms with Gasteiger partial charge in [-0.2, -0.15) is 5.26 Å². The number of nitro groups is 1. The van der Waals surface area contributed by atoms with Crippen LogP contribution in [0.3, 0.4) is 0 Å². The Kier molecular flexibility index (Phi) is 9.11. The van der Waals surface area contributed by atoms with E-state index in [9.17, 15) is 25.0 Å². The Hall–Kier alpha value is -4.30. The van der Waals surface area contributed by atoms with Gasteiger partial charge in [0.15, 0.2) is 0 Å². The molecule has 1 aliphatic rings. The van der Waals surface area contributed by atoms with Crippen LogP contribution in [-0.4, -0.2) is 22.5 Å². The third-order valence-corrected chi connectivity index (χ3v) is 7.55. The Balaban J connectivity index is 1.64. The predicted molar refractivity (Wildman–Crippen MR) is 157 cm³/mol. The highest BCUT2D eigenvalue weighted by Gasteiger charge is 2.36. The van der Waals surface area contributed by atoms with Crippen LogP contribution in [0.4, 0.5) is 17.1 Å². The first-order valence-electron chi connectivity index (χ1n) is 11.8. The number of carbonyl (C=O) groups excluding carboxylic acids is 2. The molecule has 0 aliphatic carbocycles. The normalized spacial score (nSPS) is 14.7. The van der Waals surface area contributed by atoms with Crippen LogP contribution in [0, 0.1) is 21.4 Å². The molecule has 3 N–H and O–H groups in total. The van der Waals surface area contributed by atoms with Crippen molar-refractivity contribution >= 4 is 63.8 Å². The lowest BCUT2D eigenvalue weighted by atomic mass is 9.82. The molecule has 12 heteroatoms. The quantitative estimate of drug-likeness (QED) is 0.197. The third-order valence-electron chi connectivity index (χ3n) is 5.93. The molecule has 1 aliphatic heterocycles. The minimum atomic E-state index is -0.826. The van der Waals surface area contributed by atoms with Crippen molar-refractivity contribution in [2.24, 2.45) is 0 Å². The van der Waals surface area contributed by atoms with Crippen LogP contribution in [0.25, 0.3) is 0 Å². The number of dihydropyridines is 1. The van der Waals surface area contributed by atoms with Crippen LogP contribution >= 0.6 is 35.0 Å². The van der Waals surface area contributed by atoms with Gasteiger partial charge in [0.25, 0.3) is 11.6 Å². The number of rotatable bonds is 8. The second kappa shape index (κ2) is 12.7. The number of anilines is 2. The van der Waals surface area contributed by atoms with Crippen molar-refractivity contribution in [2.45, 2.75) is 12.8 Å². The first-order valence-corrected chi connectivity index (χ1v) is 13.5. The topological polar surface area (TPSA) is 137 Å². The van der Waals surface area contributed by atoms with Crippen LogP contribution in [0.1, 0.15) is 18.4 Å². The summed E-state index contributed by atoms with van der Waals surface area (Å²) in [5.74, 6) is -1.93. The summed E-state index contributed by atoms with van der Waals surface area (Å²) in [4.78, 5) is 37.0. The number of allylic oxidation sites excluding steroid dienone is 2. The first kappa shape index (κ1) is 28.7. The smallest absolute Gasteiger partial charge is 0.292 e. The number of benzene rings is 3. The number of amides is 2. The second-order valence-electron chi connectivity index (χ2n) is 8.54. The second-order valence-corrected chi connectivity index (χ2v) is 10.4. The van der Waals surface area contributed by atoms with Gasteiger partial charge in [0, 0.05) is 33.1 Å². The Labute approximate surface area is 244 Å². The summed E-state index contributed by atoms with van der Waals surface area (Å²) in [6, 6.07) is 21.5. The number of thioether (sulfide) groups is 1. The fourth-order valence-electron chi connectivity index (χ4n) is 4.14. The van der Waals surface area contributed by atoms with E-state index >= 15 is 0 Å². The van der Waals surface area contributed by atoms with Gasteiger partial charge in [-0.25, -0.2) is 0 Å². The van der Waals surface area contributed by atoms with Gasteiger partial charge in [0.1, 0.15) is 5.69 Å². The number of nitrogens with zero attached hydrogens (tertiary/aromatic N) is 2. The fraction of sp³-hybridized carbons (Fsp3) is 0.107. The molecule has 202 valence electrons. The van der Waals surface area contributed by atoms with Gasteiger partial charge in [0.2, 0.25) is 5.91 Å². The number of nitrogens with one attached hydrogen (secondary N) is 3. The van der Waals surface area contributed by atoms with E-state index in [2.05, 4.69) is 22.0 Å². The zero-order valence-electron chi connectivity index (χ0n) is 20.9. The van der Waals surface area contributed by atoms with Crippen LogP contribution < -0.4 is 16.0 Å². The first-order chi connectivity index (χ1) is 19.2. The van der Waals surface area contributed by atoms with E-state index in [1.54, 1.807) is 61.5 Å². The SMILES string of the molecule is CC1=C(C(=O)Nc2ccc(Cl)cc2)[C@H](c2ccccc2Cl)C(C#N)=C(SCC(=O)Nc2ccccc2[N+](=O)[O-])N1. The van der Waals surface area contributed by atoms with E-state index in [1.807, 2.05) is 0 Å². The van der Waals surface area contributed by atoms with Gasteiger partial charge in [-0.1, -0.05) is 65.3 Å². The van der Waals surface area contributed by atoms with E-state index in [4.69, 9.17) is 23.2 Å². The molecule has 1 heterocycles. The standard InChI is InChI=1S/C28H21Cl2N5O4S/c1-16-25(27(37)33-18-12-10-17(29)11-13-18)26(19-6-2-3-7-21(19)30)20(14-31)28(32-16)40-15-24(36)34-22-8-4-5-9-23(22)35(38)39/h2-13,26,32H,15H2,1H3,(H,33,37)(H,34,36)/t26-/m1/s1. The molecule has 1 atom stereocenters. The summed E-state index contributed by atoms with van der Waals surface area (Å²) in [5.41, 5.74) is 1.85. The minimum Gasteiger partial charge on any atom is -0.353 e. The molecule has 0 saturated carbocycles. The van der Waals surface area contributed by atoms with Crippen LogP contribution in [0.5, 0.6) is 0 Å². The van der Waals surface area contributed by atoms with Gasteiger partial charge < -0.3 is 16.0 Å². The number of carbonyl (C=O) groups is 2. The van der Waals surface area contributed by atoms with Crippen molar-refractivity contribution in [3.05, 3.63) is 120 Å². The third kappa shape index (κ3) is 6.46. The molecular weight excluding hydrogens is 573 g/mol. The highest BCUT2D eigenvalue weighted by atomic mass is 35.5. The number of hydrogen-bond acceptors (Lipinski definition) is 7. The average molecular weight is 594 g/mol. The van der Waals surface area contributed by atoms with Crippen LogP contribution in [-0.2, 0) is 9.59 Å². The Morgan fingerprint density at radius 2 is 1.73 bits per heavy atom. The highest BCUT2D eigenvalue weighted by Crippen LogP contribution is 2.43. The summed E-state index contributed by atoms with van der Waals surface area (Å²) >= 11 is 13.5. The summed E-state index contributed by atoms with van der Waals surface area (Å²) in [5, 5.41) is 31.3. The number of halogens is 2. The van der Waals surface area contributed by atoms with Crippen molar-refractivity contribution < 1.29 is 14.5 Å². The van der Waals surface area contributed by atoms with Crippen molar-refractivity contribution in [3.8, 4) is 6.07 Å². The van der Waals surface area contributed by atoms with Crippen molar-refractivity contribution in [1.29, 1.82) is 5.26 Å². The average Bonchev–Trinajstić information content (AvgIpc) is 2.93. The summed E-state index contributed by atoms with van der Waals surface area (Å²) in [7, 11) is 0. The summed E-state index contributed by atoms with van der Waals surface area (Å²) in [6.07, 6.45) is 0. The van der Waals surface area contributed by atoms with Crippen LogP contribution in [0.15, 0.2) is 94.7 Å². The highest BCUT2D eigenvalue weighted by molar-refractivity contribution is 8.03. The van der Waals surface area contributed by atoms with E-state index in [0.717, 1.165) is 11.8 Å². The molecule has 0 saturated heterocycles. The summed E-state index contributed by atoms with van der Waals surface area (Å²) < 4.78 is 0. The summed E-state index contributed by atoms with van der Waals surface area (Å²) in [6.45, 7) is 1.70. The van der Waals surface area contributed by atoms with Gasteiger partial charge >= 0.3 is 0 Å². The Bertz CT molecular complexity index is 1600. The maximum absolute atomic E-state index is 13.5. The Morgan fingerprint density at radius 3 is 2.40 bits per heavy atom. The van der Waals surface area contributed by atoms with Gasteiger partial charge in [-0.15, -0.1) is 0 Å². The molecule has 4 rings (SSSR count). The van der Waals surface area contributed by atoms with Crippen LogP contribution in [0.2, 0.25) is 10.0 Å². The molecule has 3 aromatic rings. The lowest BCUT2D eigenvalue weighted by molar-refractivity contribution is -0.383. The van der Waals surface area contributed by atoms with E-state index in [1.165, 1.54) is 18.2 Å². The maximum Gasteiger partial charge on any atom is 0.292 e. The molecule has 0 unspecified atom stereocenters. The minimum absolute atomic E-state index is 0.0652. The molecule has 0 aromatic heterocycles. The molecule has 0 fully saturated rings. The fourth-order valence-corrected chi connectivity index (χ4v) is 5.40. The number of nitro benzene ring substituents is 1. The lowest BCUT2D eigenvalue weighted by Crippen LogP contribution is -2.31. The van der Waals surface area contributed by atoms with Crippen molar-refractivity contribution in [3.63, 3.8) is 0 Å². The maximum atomic E-state index is 13.5. The number of hydrogen-bond donors (Lipinski definition) is 3. The largest absolute Gasteiger partial charge is 0.353 e.